The van der Waals surface area contributed by atoms with Crippen LogP contribution < -0.4 is 0 Å². The van der Waals surface area contributed by atoms with Gasteiger partial charge in [-0.3, -0.25) is 0 Å². The number of aromatic nitrogens is 5. The number of benzene rings is 9. The van der Waals surface area contributed by atoms with E-state index in [1.54, 1.807) is 0 Å². The van der Waals surface area contributed by atoms with Crippen molar-refractivity contribution in [2.24, 2.45) is 0 Å². The average Bonchev–Trinajstić information content (AvgIpc) is 3.99. The van der Waals surface area contributed by atoms with Crippen LogP contribution in [0.4, 0.5) is 0 Å². The van der Waals surface area contributed by atoms with Crippen molar-refractivity contribution in [3.05, 3.63) is 223 Å². The Bertz CT molecular complexity index is 3830. The van der Waals surface area contributed by atoms with Crippen molar-refractivity contribution in [2.45, 2.75) is 13.8 Å². The van der Waals surface area contributed by atoms with Gasteiger partial charge in [-0.15, -0.1) is 0 Å². The number of hydrogen-bond acceptors (Lipinski definition) is 2. The molecule has 5 nitrogen and oxygen atoms in total. The first-order valence-corrected chi connectivity index (χ1v) is 22.2. The number of rotatable bonds is 6. The molecule has 0 atom stereocenters. The minimum Gasteiger partial charge on any atom is -0.309 e. The van der Waals surface area contributed by atoms with Gasteiger partial charge in [0.2, 0.25) is 0 Å². The molecule has 0 spiro atoms. The Balaban J connectivity index is 1.02. The first kappa shape index (κ1) is 37.1. The summed E-state index contributed by atoms with van der Waals surface area (Å²) in [7, 11) is 0. The number of hydrogen-bond donors (Lipinski definition) is 0. The second-order valence-electron chi connectivity index (χ2n) is 17.2. The zero-order valence-corrected chi connectivity index (χ0v) is 35.9. The predicted molar refractivity (Wildman–Crippen MR) is 271 cm³/mol. The number of nitrogens with zero attached hydrogens (tertiary/aromatic N) is 5. The van der Waals surface area contributed by atoms with Crippen LogP contribution in [-0.4, -0.2) is 23.7 Å². The molecule has 0 radical (unpaired) electrons. The maximum atomic E-state index is 5.13. The largest absolute Gasteiger partial charge is 0.309 e. The van der Waals surface area contributed by atoms with Crippen molar-refractivity contribution in [2.75, 3.05) is 0 Å². The fraction of sp³-hybridized carbons (Fsp3) is 0.0333. The van der Waals surface area contributed by atoms with E-state index in [0.717, 1.165) is 56.2 Å². The van der Waals surface area contributed by atoms with Crippen LogP contribution in [0.5, 0.6) is 0 Å². The summed E-state index contributed by atoms with van der Waals surface area (Å²) in [6, 6.07) is 76.6. The van der Waals surface area contributed by atoms with Gasteiger partial charge in [-0.05, 0) is 105 Å². The molecule has 0 saturated heterocycles. The van der Waals surface area contributed by atoms with E-state index in [-0.39, 0.29) is 0 Å². The molecule has 0 bridgehead atoms. The molecule has 0 fully saturated rings. The van der Waals surface area contributed by atoms with Gasteiger partial charge >= 0.3 is 0 Å². The molecular formula is C60H41N5. The van der Waals surface area contributed by atoms with E-state index in [1.807, 2.05) is 24.3 Å². The smallest absolute Gasteiger partial charge is 0.160 e. The van der Waals surface area contributed by atoms with Crippen LogP contribution in [0.25, 0.3) is 116 Å². The van der Waals surface area contributed by atoms with Crippen LogP contribution in [-0.2, 0) is 0 Å². The lowest BCUT2D eigenvalue weighted by molar-refractivity contribution is 1.16. The van der Waals surface area contributed by atoms with Crippen molar-refractivity contribution in [3.63, 3.8) is 0 Å². The second-order valence-corrected chi connectivity index (χ2v) is 17.2. The minimum absolute atomic E-state index is 0.705. The number of fused-ring (bicyclic) bond motifs is 9. The van der Waals surface area contributed by atoms with E-state index < -0.39 is 0 Å². The zero-order valence-electron chi connectivity index (χ0n) is 35.9. The van der Waals surface area contributed by atoms with E-state index in [4.69, 9.17) is 9.97 Å². The van der Waals surface area contributed by atoms with Gasteiger partial charge in [0.25, 0.3) is 0 Å². The number of aryl methyl sites for hydroxylation is 2. The lowest BCUT2D eigenvalue weighted by Gasteiger charge is -2.12. The Labute approximate surface area is 375 Å². The summed E-state index contributed by atoms with van der Waals surface area (Å²) in [5.74, 6) is 0.705. The third-order valence-electron chi connectivity index (χ3n) is 13.2. The van der Waals surface area contributed by atoms with Gasteiger partial charge in [-0.2, -0.15) is 0 Å². The van der Waals surface area contributed by atoms with Gasteiger partial charge in [-0.1, -0.05) is 132 Å². The van der Waals surface area contributed by atoms with Crippen molar-refractivity contribution in [1.82, 2.24) is 23.7 Å². The van der Waals surface area contributed by atoms with Crippen molar-refractivity contribution < 1.29 is 0 Å². The van der Waals surface area contributed by atoms with Gasteiger partial charge in [0, 0.05) is 66.1 Å². The van der Waals surface area contributed by atoms with Gasteiger partial charge in [-0.25, -0.2) is 9.97 Å². The molecule has 0 aliphatic carbocycles. The molecule has 306 valence electrons. The van der Waals surface area contributed by atoms with Crippen LogP contribution >= 0.6 is 0 Å². The molecule has 65 heavy (non-hydrogen) atoms. The summed E-state index contributed by atoms with van der Waals surface area (Å²) in [5, 5.41) is 7.43. The average molecular weight is 832 g/mol. The highest BCUT2D eigenvalue weighted by molar-refractivity contribution is 6.14. The quantitative estimate of drug-likeness (QED) is 0.167. The van der Waals surface area contributed by atoms with E-state index in [9.17, 15) is 0 Å². The fourth-order valence-corrected chi connectivity index (χ4v) is 10.1. The zero-order chi connectivity index (χ0) is 43.2. The Morgan fingerprint density at radius 2 is 0.646 bits per heavy atom. The van der Waals surface area contributed by atoms with Crippen molar-refractivity contribution in [1.29, 1.82) is 0 Å². The summed E-state index contributed by atoms with van der Waals surface area (Å²) in [5.41, 5.74) is 17.8. The molecule has 0 amide bonds. The highest BCUT2D eigenvalue weighted by Crippen LogP contribution is 2.40. The monoisotopic (exact) mass is 831 g/mol. The summed E-state index contributed by atoms with van der Waals surface area (Å²) in [4.78, 5) is 10.2. The first-order chi connectivity index (χ1) is 32.0. The Hall–Kier alpha value is -8.54. The minimum atomic E-state index is 0.705. The van der Waals surface area contributed by atoms with Gasteiger partial charge < -0.3 is 13.7 Å². The summed E-state index contributed by atoms with van der Waals surface area (Å²) < 4.78 is 7.27. The molecule has 0 aliphatic rings. The molecule has 0 saturated carbocycles. The summed E-state index contributed by atoms with van der Waals surface area (Å²) in [6.07, 6.45) is 0. The van der Waals surface area contributed by atoms with E-state index >= 15 is 0 Å². The maximum Gasteiger partial charge on any atom is 0.160 e. The van der Waals surface area contributed by atoms with Crippen LogP contribution in [0.2, 0.25) is 0 Å². The molecule has 5 heteroatoms. The normalized spacial score (nSPS) is 11.8. The fourth-order valence-electron chi connectivity index (χ4n) is 10.1. The highest BCUT2D eigenvalue weighted by atomic mass is 15.0. The van der Waals surface area contributed by atoms with Crippen molar-refractivity contribution in [3.8, 4) is 51.0 Å². The Morgan fingerprint density at radius 1 is 0.277 bits per heavy atom. The summed E-state index contributed by atoms with van der Waals surface area (Å²) >= 11 is 0. The van der Waals surface area contributed by atoms with E-state index in [2.05, 4.69) is 216 Å². The first-order valence-electron chi connectivity index (χ1n) is 22.2. The molecule has 13 rings (SSSR count). The standard InChI is InChI=1S/C60H41N5/c1-38-21-29-56-48(33-38)49-34-39(2)22-30-57(49)65(56)45-28-32-59-51(36-45)50-35-44(64-54-19-11-9-17-46(54)47-18-10-12-20-55(47)64)27-31-58(50)63(59)43-25-23-41(24-26-43)53-37-52(40-13-5-3-6-14-40)61-60(62-53)42-15-7-4-8-16-42/h3-37H,1-2H3. The maximum absolute atomic E-state index is 5.13. The third-order valence-corrected chi connectivity index (χ3v) is 13.2. The van der Waals surface area contributed by atoms with Crippen LogP contribution in [0, 0.1) is 13.8 Å². The topological polar surface area (TPSA) is 40.6 Å². The lowest BCUT2D eigenvalue weighted by Crippen LogP contribution is -1.98. The van der Waals surface area contributed by atoms with Gasteiger partial charge in [0.1, 0.15) is 0 Å². The highest BCUT2D eigenvalue weighted by Gasteiger charge is 2.20. The van der Waals surface area contributed by atoms with E-state index in [0.29, 0.717) is 5.82 Å². The van der Waals surface area contributed by atoms with Crippen LogP contribution in [0.15, 0.2) is 212 Å². The van der Waals surface area contributed by atoms with Crippen molar-refractivity contribution >= 4 is 65.4 Å². The SMILES string of the molecule is Cc1ccc2c(c1)c1cc(C)ccc1n2-c1ccc2c(c1)c1cc(-n3c4ccccc4c4ccccc43)ccc1n2-c1ccc(-c2cc(-c3ccccc3)nc(-c3ccccc3)n2)cc1. The van der Waals surface area contributed by atoms with Gasteiger partial charge in [0.05, 0.1) is 44.5 Å². The van der Waals surface area contributed by atoms with Gasteiger partial charge in [0.15, 0.2) is 5.82 Å². The van der Waals surface area contributed by atoms with E-state index in [1.165, 1.54) is 65.5 Å². The lowest BCUT2D eigenvalue weighted by atomic mass is 10.1. The molecule has 4 heterocycles. The second kappa shape index (κ2) is 14.5. The molecule has 0 N–H and O–H groups in total. The third kappa shape index (κ3) is 5.93. The molecular weight excluding hydrogens is 791 g/mol. The Kier molecular flexibility index (Phi) is 8.27. The molecule has 0 unspecified atom stereocenters. The predicted octanol–water partition coefficient (Wildman–Crippen LogP) is 15.4. The summed E-state index contributed by atoms with van der Waals surface area (Å²) in [6.45, 7) is 4.36. The van der Waals surface area contributed by atoms with Crippen LogP contribution in [0.3, 0.4) is 0 Å². The number of para-hydroxylation sites is 2. The molecule has 9 aromatic carbocycles. The molecule has 13 aromatic rings. The Morgan fingerprint density at radius 3 is 1.15 bits per heavy atom. The molecule has 0 aliphatic heterocycles. The molecule has 4 aromatic heterocycles. The van der Waals surface area contributed by atoms with Crippen LogP contribution in [0.1, 0.15) is 11.1 Å².